The predicted molar refractivity (Wildman–Crippen MR) is 84.0 cm³/mol. The van der Waals surface area contributed by atoms with Gasteiger partial charge in [0.25, 0.3) is 0 Å². The third-order valence-electron chi connectivity index (χ3n) is 3.70. The zero-order valence-corrected chi connectivity index (χ0v) is 12.6. The molecular formula is C18H22FNO. The van der Waals surface area contributed by atoms with E-state index in [1.165, 1.54) is 11.6 Å². The van der Waals surface area contributed by atoms with Crippen molar-refractivity contribution in [3.8, 4) is 5.75 Å². The van der Waals surface area contributed by atoms with Crippen molar-refractivity contribution in [1.29, 1.82) is 0 Å². The van der Waals surface area contributed by atoms with E-state index in [0.29, 0.717) is 12.0 Å². The number of hydrogen-bond acceptors (Lipinski definition) is 2. The Morgan fingerprint density at radius 2 is 1.76 bits per heavy atom. The van der Waals surface area contributed by atoms with Crippen LogP contribution in [0.3, 0.4) is 0 Å². The molecular weight excluding hydrogens is 265 g/mol. The number of halogens is 1. The molecule has 1 atom stereocenters. The summed E-state index contributed by atoms with van der Waals surface area (Å²) in [5.74, 6) is 0.666. The van der Waals surface area contributed by atoms with Crippen LogP contribution in [0.25, 0.3) is 0 Å². The van der Waals surface area contributed by atoms with Crippen molar-refractivity contribution >= 4 is 0 Å². The molecule has 0 aromatic heterocycles. The van der Waals surface area contributed by atoms with E-state index in [0.717, 1.165) is 18.6 Å². The molecule has 2 nitrogen and oxygen atoms in total. The lowest BCUT2D eigenvalue weighted by molar-refractivity contribution is 0.413. The third kappa shape index (κ3) is 4.57. The minimum absolute atomic E-state index is 0.182. The average Bonchev–Trinajstić information content (AvgIpc) is 2.48. The molecule has 0 fully saturated rings. The molecule has 3 heteroatoms. The highest BCUT2D eigenvalue weighted by molar-refractivity contribution is 5.27. The van der Waals surface area contributed by atoms with Crippen LogP contribution >= 0.6 is 0 Å². The highest BCUT2D eigenvalue weighted by Crippen LogP contribution is 2.20. The van der Waals surface area contributed by atoms with Crippen LogP contribution in [-0.2, 0) is 12.8 Å². The van der Waals surface area contributed by atoms with Gasteiger partial charge in [0.15, 0.2) is 0 Å². The first-order chi connectivity index (χ1) is 10.00. The van der Waals surface area contributed by atoms with E-state index in [1.807, 2.05) is 37.3 Å². The minimum Gasteiger partial charge on any atom is -0.497 e. The van der Waals surface area contributed by atoms with Crippen molar-refractivity contribution in [2.24, 2.45) is 5.73 Å². The summed E-state index contributed by atoms with van der Waals surface area (Å²) in [5.41, 5.74) is 7.79. The zero-order chi connectivity index (χ0) is 15.3. The second-order valence-corrected chi connectivity index (χ2v) is 5.77. The molecule has 0 aliphatic carbocycles. The first-order valence-corrected chi connectivity index (χ1v) is 7.15. The van der Waals surface area contributed by atoms with Crippen molar-refractivity contribution in [3.63, 3.8) is 0 Å². The lowest BCUT2D eigenvalue weighted by Crippen LogP contribution is -2.39. The summed E-state index contributed by atoms with van der Waals surface area (Å²) in [7, 11) is 1.65. The van der Waals surface area contributed by atoms with E-state index in [1.54, 1.807) is 19.2 Å². The van der Waals surface area contributed by atoms with E-state index in [2.05, 4.69) is 0 Å². The summed E-state index contributed by atoms with van der Waals surface area (Å²) in [6.07, 6.45) is 2.20. The number of benzene rings is 2. The number of hydrogen-bond donors (Lipinski definition) is 1. The molecule has 0 saturated heterocycles. The molecule has 0 saturated carbocycles. The fourth-order valence-electron chi connectivity index (χ4n) is 2.39. The van der Waals surface area contributed by atoms with Gasteiger partial charge in [-0.15, -0.1) is 0 Å². The van der Waals surface area contributed by atoms with Crippen molar-refractivity contribution in [1.82, 2.24) is 0 Å². The van der Waals surface area contributed by atoms with Gasteiger partial charge in [-0.2, -0.15) is 0 Å². The lowest BCUT2D eigenvalue weighted by atomic mass is 9.87. The van der Waals surface area contributed by atoms with Crippen LogP contribution in [0, 0.1) is 5.82 Å². The standard InChI is InChI=1S/C18H22FNO/c1-18(20,13-15-5-3-4-6-17(15)19)12-11-14-7-9-16(21-2)10-8-14/h3-10H,11-13,20H2,1-2H3. The van der Waals surface area contributed by atoms with E-state index in [4.69, 9.17) is 10.5 Å². The molecule has 0 aliphatic rings. The molecule has 0 aliphatic heterocycles. The smallest absolute Gasteiger partial charge is 0.126 e. The van der Waals surface area contributed by atoms with Gasteiger partial charge in [0.05, 0.1) is 7.11 Å². The molecule has 2 aromatic carbocycles. The average molecular weight is 287 g/mol. The fraction of sp³-hybridized carbons (Fsp3) is 0.333. The molecule has 2 rings (SSSR count). The predicted octanol–water partition coefficient (Wildman–Crippen LogP) is 3.73. The Labute approximate surface area is 125 Å². The van der Waals surface area contributed by atoms with E-state index < -0.39 is 5.54 Å². The number of nitrogens with two attached hydrogens (primary N) is 1. The van der Waals surface area contributed by atoms with Crippen molar-refractivity contribution in [2.45, 2.75) is 31.7 Å². The fourth-order valence-corrected chi connectivity index (χ4v) is 2.39. The summed E-state index contributed by atoms with van der Waals surface area (Å²) < 4.78 is 18.8. The molecule has 21 heavy (non-hydrogen) atoms. The maximum atomic E-state index is 13.7. The Hall–Kier alpha value is -1.87. The van der Waals surface area contributed by atoms with Gasteiger partial charge in [-0.05, 0) is 55.5 Å². The van der Waals surface area contributed by atoms with Crippen molar-refractivity contribution in [2.75, 3.05) is 7.11 Å². The van der Waals surface area contributed by atoms with Gasteiger partial charge in [0.2, 0.25) is 0 Å². The maximum absolute atomic E-state index is 13.7. The third-order valence-corrected chi connectivity index (χ3v) is 3.70. The van der Waals surface area contributed by atoms with E-state index in [9.17, 15) is 4.39 Å². The second kappa shape index (κ2) is 6.72. The highest BCUT2D eigenvalue weighted by Gasteiger charge is 2.20. The van der Waals surface area contributed by atoms with Gasteiger partial charge < -0.3 is 10.5 Å². The maximum Gasteiger partial charge on any atom is 0.126 e. The van der Waals surface area contributed by atoms with Crippen molar-refractivity contribution in [3.05, 3.63) is 65.5 Å². The zero-order valence-electron chi connectivity index (χ0n) is 12.6. The SMILES string of the molecule is COc1ccc(CCC(C)(N)Cc2ccccc2F)cc1. The first kappa shape index (κ1) is 15.5. The molecule has 0 radical (unpaired) electrons. The molecule has 2 aromatic rings. The van der Waals surface area contributed by atoms with Crippen LogP contribution in [0.15, 0.2) is 48.5 Å². The van der Waals surface area contributed by atoms with E-state index in [-0.39, 0.29) is 5.82 Å². The molecule has 112 valence electrons. The molecule has 0 amide bonds. The molecule has 2 N–H and O–H groups in total. The van der Waals surface area contributed by atoms with Gasteiger partial charge in [0, 0.05) is 5.54 Å². The minimum atomic E-state index is -0.428. The van der Waals surface area contributed by atoms with Crippen molar-refractivity contribution < 1.29 is 9.13 Å². The summed E-state index contributed by atoms with van der Waals surface area (Å²) in [6, 6.07) is 14.8. The van der Waals surface area contributed by atoms with Gasteiger partial charge in [-0.1, -0.05) is 30.3 Å². The largest absolute Gasteiger partial charge is 0.497 e. The Kier molecular flexibility index (Phi) is 4.97. The first-order valence-electron chi connectivity index (χ1n) is 7.15. The van der Waals surface area contributed by atoms with Crippen LogP contribution in [-0.4, -0.2) is 12.6 Å². The molecule has 0 spiro atoms. The van der Waals surface area contributed by atoms with Crippen LogP contribution in [0.1, 0.15) is 24.5 Å². The van der Waals surface area contributed by atoms with Gasteiger partial charge in [-0.3, -0.25) is 0 Å². The Balaban J connectivity index is 1.95. The number of rotatable bonds is 6. The van der Waals surface area contributed by atoms with E-state index >= 15 is 0 Å². The molecule has 0 heterocycles. The van der Waals surface area contributed by atoms with Crippen LogP contribution < -0.4 is 10.5 Å². The summed E-state index contributed by atoms with van der Waals surface area (Å²) in [6.45, 7) is 1.98. The summed E-state index contributed by atoms with van der Waals surface area (Å²) in [5, 5.41) is 0. The summed E-state index contributed by atoms with van der Waals surface area (Å²) in [4.78, 5) is 0. The Morgan fingerprint density at radius 3 is 2.38 bits per heavy atom. The summed E-state index contributed by atoms with van der Waals surface area (Å²) >= 11 is 0. The Morgan fingerprint density at radius 1 is 1.10 bits per heavy atom. The van der Waals surface area contributed by atoms with Gasteiger partial charge in [0.1, 0.15) is 11.6 Å². The highest BCUT2D eigenvalue weighted by atomic mass is 19.1. The van der Waals surface area contributed by atoms with Crippen LogP contribution in [0.2, 0.25) is 0 Å². The number of methoxy groups -OCH3 is 1. The van der Waals surface area contributed by atoms with Crippen LogP contribution in [0.4, 0.5) is 4.39 Å². The lowest BCUT2D eigenvalue weighted by Gasteiger charge is -2.25. The van der Waals surface area contributed by atoms with Crippen LogP contribution in [0.5, 0.6) is 5.75 Å². The number of aryl methyl sites for hydroxylation is 1. The van der Waals surface area contributed by atoms with Gasteiger partial charge >= 0.3 is 0 Å². The Bertz CT molecular complexity index is 578. The normalized spacial score (nSPS) is 13.7. The second-order valence-electron chi connectivity index (χ2n) is 5.77. The quantitative estimate of drug-likeness (QED) is 0.878. The van der Waals surface area contributed by atoms with Gasteiger partial charge in [-0.25, -0.2) is 4.39 Å². The molecule has 0 bridgehead atoms. The number of ether oxygens (including phenoxy) is 1. The topological polar surface area (TPSA) is 35.2 Å². The monoisotopic (exact) mass is 287 g/mol. The molecule has 1 unspecified atom stereocenters.